The Kier molecular flexibility index (Phi) is 8.01. The van der Waals surface area contributed by atoms with Crippen LogP contribution in [0.4, 0.5) is 0 Å². The molecule has 2 aliphatic heterocycles. The number of rotatable bonds is 9. The number of piperazine rings is 1. The van der Waals surface area contributed by atoms with Gasteiger partial charge in [-0.3, -0.25) is 4.79 Å². The van der Waals surface area contributed by atoms with E-state index in [-0.39, 0.29) is 19.0 Å². The second-order valence-electron chi connectivity index (χ2n) is 7.41. The number of ether oxygens (including phenoxy) is 3. The molecule has 2 heterocycles. The van der Waals surface area contributed by atoms with Crippen molar-refractivity contribution in [2.24, 2.45) is 0 Å². The van der Waals surface area contributed by atoms with E-state index in [1.807, 2.05) is 20.8 Å². The second-order valence-corrected chi connectivity index (χ2v) is 9.33. The summed E-state index contributed by atoms with van der Waals surface area (Å²) in [4.78, 5) is 14.9. The Morgan fingerprint density at radius 3 is 1.77 bits per heavy atom. The predicted molar refractivity (Wildman–Crippen MR) is 117 cm³/mol. The molecule has 3 rings (SSSR count). The Labute approximate surface area is 185 Å². The first-order valence-electron chi connectivity index (χ1n) is 11.0. The molecular weight excluding hydrogens is 422 g/mol. The van der Waals surface area contributed by atoms with E-state index in [1.165, 1.54) is 4.31 Å². The second kappa shape index (κ2) is 10.5. The minimum absolute atomic E-state index is 0.178. The zero-order valence-electron chi connectivity index (χ0n) is 18.6. The summed E-state index contributed by atoms with van der Waals surface area (Å²) in [6, 6.07) is 3.35. The molecule has 2 fully saturated rings. The number of amides is 1. The molecule has 0 saturated carbocycles. The molecule has 2 saturated heterocycles. The van der Waals surface area contributed by atoms with Crippen LogP contribution in [0.3, 0.4) is 0 Å². The number of benzene rings is 1. The van der Waals surface area contributed by atoms with Gasteiger partial charge in [-0.05, 0) is 45.7 Å². The molecule has 1 aromatic carbocycles. The van der Waals surface area contributed by atoms with Crippen molar-refractivity contribution in [1.82, 2.24) is 13.5 Å². The van der Waals surface area contributed by atoms with Crippen molar-refractivity contribution in [1.29, 1.82) is 0 Å². The fourth-order valence-electron chi connectivity index (χ4n) is 3.90. The summed E-state index contributed by atoms with van der Waals surface area (Å²) in [7, 11) is -3.44. The summed E-state index contributed by atoms with van der Waals surface area (Å²) >= 11 is 0. The zero-order chi connectivity index (χ0) is 22.4. The fraction of sp³-hybridized carbons (Fsp3) is 0.667. The molecular formula is C21H33N3O6S. The van der Waals surface area contributed by atoms with E-state index < -0.39 is 10.2 Å². The minimum atomic E-state index is -3.44. The molecule has 2 aliphatic rings. The fourth-order valence-corrected chi connectivity index (χ4v) is 5.57. The summed E-state index contributed by atoms with van der Waals surface area (Å²) in [5.41, 5.74) is 0.436. The van der Waals surface area contributed by atoms with Crippen molar-refractivity contribution in [3.8, 4) is 17.2 Å². The van der Waals surface area contributed by atoms with E-state index in [9.17, 15) is 13.2 Å². The average Bonchev–Trinajstić information content (AvgIpc) is 3.32. The third kappa shape index (κ3) is 5.24. The smallest absolute Gasteiger partial charge is 0.282 e. The Bertz CT molecular complexity index is 835. The van der Waals surface area contributed by atoms with Gasteiger partial charge in [0.2, 0.25) is 5.75 Å². The molecule has 0 aromatic heterocycles. The summed E-state index contributed by atoms with van der Waals surface area (Å²) in [6.45, 7) is 9.32. The predicted octanol–water partition coefficient (Wildman–Crippen LogP) is 1.98. The van der Waals surface area contributed by atoms with Crippen LogP contribution in [0.25, 0.3) is 0 Å². The maximum Gasteiger partial charge on any atom is 0.282 e. The normalized spacial score (nSPS) is 18.2. The third-order valence-electron chi connectivity index (χ3n) is 5.40. The SMILES string of the molecule is CCOc1cc(C(=O)N2CCN(S(=O)(=O)N3CCCC3)CC2)cc(OCC)c1OCC. The lowest BCUT2D eigenvalue weighted by Crippen LogP contribution is -2.53. The number of carbonyl (C=O) groups is 1. The molecule has 0 aliphatic carbocycles. The molecule has 10 heteroatoms. The highest BCUT2D eigenvalue weighted by Crippen LogP contribution is 2.39. The Balaban J connectivity index is 1.75. The summed E-state index contributed by atoms with van der Waals surface area (Å²) in [6.07, 6.45) is 1.81. The highest BCUT2D eigenvalue weighted by atomic mass is 32.2. The van der Waals surface area contributed by atoms with Crippen molar-refractivity contribution in [3.63, 3.8) is 0 Å². The lowest BCUT2D eigenvalue weighted by Gasteiger charge is -2.36. The zero-order valence-corrected chi connectivity index (χ0v) is 19.4. The third-order valence-corrected chi connectivity index (χ3v) is 7.43. The molecule has 0 bridgehead atoms. The van der Waals surface area contributed by atoms with Gasteiger partial charge in [0.15, 0.2) is 11.5 Å². The Hall–Kier alpha value is -2.04. The van der Waals surface area contributed by atoms with Gasteiger partial charge in [0.25, 0.3) is 16.1 Å². The summed E-state index contributed by atoms with van der Waals surface area (Å²) in [5, 5.41) is 0. The molecule has 9 nitrogen and oxygen atoms in total. The van der Waals surface area contributed by atoms with Gasteiger partial charge in [0, 0.05) is 44.8 Å². The van der Waals surface area contributed by atoms with Gasteiger partial charge in [-0.25, -0.2) is 0 Å². The summed E-state index contributed by atoms with van der Waals surface area (Å²) in [5.74, 6) is 1.25. The van der Waals surface area contributed by atoms with E-state index in [4.69, 9.17) is 14.2 Å². The first-order valence-corrected chi connectivity index (χ1v) is 12.4. The lowest BCUT2D eigenvalue weighted by atomic mass is 10.1. The monoisotopic (exact) mass is 455 g/mol. The van der Waals surface area contributed by atoms with Crippen LogP contribution in [0.5, 0.6) is 17.2 Å². The van der Waals surface area contributed by atoms with Crippen molar-refractivity contribution >= 4 is 16.1 Å². The molecule has 0 radical (unpaired) electrons. The Morgan fingerprint density at radius 1 is 0.806 bits per heavy atom. The maximum absolute atomic E-state index is 13.2. The highest BCUT2D eigenvalue weighted by Gasteiger charge is 2.35. The van der Waals surface area contributed by atoms with Gasteiger partial charge in [-0.15, -0.1) is 0 Å². The van der Waals surface area contributed by atoms with Gasteiger partial charge in [0.05, 0.1) is 19.8 Å². The molecule has 174 valence electrons. The minimum Gasteiger partial charge on any atom is -0.490 e. The first kappa shape index (κ1) is 23.6. The molecule has 0 unspecified atom stereocenters. The van der Waals surface area contributed by atoms with Crippen LogP contribution in [0.2, 0.25) is 0 Å². The number of hydrogen-bond acceptors (Lipinski definition) is 6. The molecule has 1 amide bonds. The topological polar surface area (TPSA) is 88.6 Å². The van der Waals surface area contributed by atoms with E-state index >= 15 is 0 Å². The van der Waals surface area contributed by atoms with Crippen LogP contribution in [0.15, 0.2) is 12.1 Å². The quantitative estimate of drug-likeness (QED) is 0.566. The molecule has 0 atom stereocenters. The number of carbonyl (C=O) groups excluding carboxylic acids is 1. The molecule has 0 spiro atoms. The molecule has 31 heavy (non-hydrogen) atoms. The van der Waals surface area contributed by atoms with Crippen LogP contribution in [-0.2, 0) is 10.2 Å². The first-order chi connectivity index (χ1) is 14.9. The molecule has 1 aromatic rings. The van der Waals surface area contributed by atoms with Crippen LogP contribution in [0.1, 0.15) is 44.0 Å². The highest BCUT2D eigenvalue weighted by molar-refractivity contribution is 7.86. The van der Waals surface area contributed by atoms with Gasteiger partial charge >= 0.3 is 0 Å². The standard InChI is InChI=1S/C21H33N3O6S/c1-4-28-18-15-17(16-19(29-5-2)20(18)30-6-3)21(25)22-11-13-24(14-12-22)31(26,27)23-9-7-8-10-23/h15-16H,4-14H2,1-3H3. The van der Waals surface area contributed by atoms with Crippen molar-refractivity contribution in [3.05, 3.63) is 17.7 Å². The number of hydrogen-bond donors (Lipinski definition) is 0. The Morgan fingerprint density at radius 2 is 1.29 bits per heavy atom. The van der Waals surface area contributed by atoms with Crippen LogP contribution in [0, 0.1) is 0 Å². The van der Waals surface area contributed by atoms with Gasteiger partial charge < -0.3 is 19.1 Å². The lowest BCUT2D eigenvalue weighted by molar-refractivity contribution is 0.0693. The van der Waals surface area contributed by atoms with Crippen LogP contribution in [-0.4, -0.2) is 86.9 Å². The maximum atomic E-state index is 13.2. The van der Waals surface area contributed by atoms with Gasteiger partial charge in [0.1, 0.15) is 0 Å². The van der Waals surface area contributed by atoms with Crippen LogP contribution < -0.4 is 14.2 Å². The van der Waals surface area contributed by atoms with Crippen molar-refractivity contribution in [2.45, 2.75) is 33.6 Å². The van der Waals surface area contributed by atoms with E-state index in [0.29, 0.717) is 68.8 Å². The average molecular weight is 456 g/mol. The van der Waals surface area contributed by atoms with Gasteiger partial charge in [-0.2, -0.15) is 17.0 Å². The summed E-state index contributed by atoms with van der Waals surface area (Å²) < 4.78 is 45.7. The largest absolute Gasteiger partial charge is 0.490 e. The molecule has 0 N–H and O–H groups in total. The van der Waals surface area contributed by atoms with Gasteiger partial charge in [-0.1, -0.05) is 0 Å². The van der Waals surface area contributed by atoms with Crippen LogP contribution >= 0.6 is 0 Å². The van der Waals surface area contributed by atoms with E-state index in [1.54, 1.807) is 21.3 Å². The van der Waals surface area contributed by atoms with Crippen molar-refractivity contribution in [2.75, 3.05) is 59.1 Å². The van der Waals surface area contributed by atoms with Crippen molar-refractivity contribution < 1.29 is 27.4 Å². The van der Waals surface area contributed by atoms with E-state index in [0.717, 1.165) is 12.8 Å². The van der Waals surface area contributed by atoms with E-state index in [2.05, 4.69) is 0 Å². The number of nitrogens with zero attached hydrogens (tertiary/aromatic N) is 3.